The zero-order valence-electron chi connectivity index (χ0n) is 10.6. The lowest BCUT2D eigenvalue weighted by atomic mass is 10.1. The second kappa shape index (κ2) is 4.59. The van der Waals surface area contributed by atoms with E-state index in [0.29, 0.717) is 11.6 Å². The zero-order chi connectivity index (χ0) is 12.5. The van der Waals surface area contributed by atoms with Crippen LogP contribution in [-0.4, -0.2) is 24.0 Å². The summed E-state index contributed by atoms with van der Waals surface area (Å²) in [6.07, 6.45) is 6.78. The lowest BCUT2D eigenvalue weighted by Crippen LogP contribution is -2.38. The van der Waals surface area contributed by atoms with Gasteiger partial charge >= 0.3 is 0 Å². The first kappa shape index (κ1) is 11.5. The van der Waals surface area contributed by atoms with E-state index in [1.54, 1.807) is 25.4 Å². The summed E-state index contributed by atoms with van der Waals surface area (Å²) in [7, 11) is 1.81. The number of hydrogen-bond acceptors (Lipinski definition) is 3. The van der Waals surface area contributed by atoms with E-state index in [1.807, 2.05) is 0 Å². The third-order valence-corrected chi connectivity index (χ3v) is 3.84. The molecule has 3 rings (SSSR count). The molecule has 1 amide bonds. The Balaban J connectivity index is 1.69. The summed E-state index contributed by atoms with van der Waals surface area (Å²) >= 11 is 0. The van der Waals surface area contributed by atoms with E-state index >= 15 is 0 Å². The van der Waals surface area contributed by atoms with Crippen molar-refractivity contribution in [1.82, 2.24) is 10.3 Å². The topological polar surface area (TPSA) is 54.0 Å². The molecule has 2 aliphatic carbocycles. The maximum Gasteiger partial charge on any atom is 0.251 e. The first-order valence-electron chi connectivity index (χ1n) is 6.72. The van der Waals surface area contributed by atoms with Crippen LogP contribution in [0.5, 0.6) is 0 Å². The average molecular weight is 245 g/mol. The molecular formula is C14H19N3O. The maximum absolute atomic E-state index is 12.2. The Bertz CT molecular complexity index is 440. The van der Waals surface area contributed by atoms with Crippen molar-refractivity contribution in [1.29, 1.82) is 0 Å². The quantitative estimate of drug-likeness (QED) is 0.834. The Kier molecular flexibility index (Phi) is 2.94. The minimum absolute atomic E-state index is 0.0395. The molecule has 2 N–H and O–H groups in total. The highest BCUT2D eigenvalue weighted by Gasteiger charge is 2.42. The average Bonchev–Trinajstić information content (AvgIpc) is 3.29. The van der Waals surface area contributed by atoms with Crippen molar-refractivity contribution in [3.05, 3.63) is 23.9 Å². The van der Waals surface area contributed by atoms with Crippen LogP contribution >= 0.6 is 0 Å². The predicted octanol–water partition coefficient (Wildman–Crippen LogP) is 2.04. The molecular weight excluding hydrogens is 226 g/mol. The van der Waals surface area contributed by atoms with Crippen LogP contribution in [0.25, 0.3) is 0 Å². The number of aromatic nitrogens is 1. The lowest BCUT2D eigenvalue weighted by Gasteiger charge is -2.17. The van der Waals surface area contributed by atoms with Crippen molar-refractivity contribution in [3.63, 3.8) is 0 Å². The molecule has 1 aromatic rings. The number of pyridine rings is 1. The lowest BCUT2D eigenvalue weighted by molar-refractivity contribution is 0.0926. The summed E-state index contributed by atoms with van der Waals surface area (Å²) in [5, 5.41) is 6.17. The number of nitrogens with one attached hydrogen (secondary N) is 2. The summed E-state index contributed by atoms with van der Waals surface area (Å²) in [5.41, 5.74) is 0.695. The molecule has 0 aromatic carbocycles. The third kappa shape index (κ3) is 2.47. The van der Waals surface area contributed by atoms with Gasteiger partial charge in [0, 0.05) is 24.8 Å². The van der Waals surface area contributed by atoms with Crippen molar-refractivity contribution >= 4 is 11.7 Å². The molecule has 2 fully saturated rings. The smallest absolute Gasteiger partial charge is 0.251 e. The van der Waals surface area contributed by atoms with Crippen LogP contribution in [0.4, 0.5) is 5.82 Å². The number of amides is 1. The van der Waals surface area contributed by atoms with Crippen molar-refractivity contribution in [2.24, 2.45) is 11.8 Å². The zero-order valence-corrected chi connectivity index (χ0v) is 10.6. The van der Waals surface area contributed by atoms with E-state index in [4.69, 9.17) is 0 Å². The minimum atomic E-state index is 0.0395. The number of carbonyl (C=O) groups is 1. The molecule has 0 bridgehead atoms. The number of carbonyl (C=O) groups excluding carboxylic acids is 1. The Morgan fingerprint density at radius 3 is 2.56 bits per heavy atom. The van der Waals surface area contributed by atoms with Gasteiger partial charge in [-0.3, -0.25) is 4.79 Å². The molecule has 0 atom stereocenters. The van der Waals surface area contributed by atoms with Crippen LogP contribution in [0, 0.1) is 11.8 Å². The highest BCUT2D eigenvalue weighted by Crippen LogP contribution is 2.44. The van der Waals surface area contributed by atoms with E-state index in [9.17, 15) is 4.79 Å². The van der Waals surface area contributed by atoms with E-state index in [-0.39, 0.29) is 5.91 Å². The first-order chi connectivity index (χ1) is 8.78. The summed E-state index contributed by atoms with van der Waals surface area (Å²) in [5.74, 6) is 2.23. The van der Waals surface area contributed by atoms with Gasteiger partial charge in [-0.25, -0.2) is 4.98 Å². The number of hydrogen-bond donors (Lipinski definition) is 2. The van der Waals surface area contributed by atoms with Crippen LogP contribution in [0.3, 0.4) is 0 Å². The Morgan fingerprint density at radius 2 is 2.00 bits per heavy atom. The van der Waals surface area contributed by atoms with Gasteiger partial charge in [-0.1, -0.05) is 0 Å². The number of nitrogens with zero attached hydrogens (tertiary/aromatic N) is 1. The Labute approximate surface area is 107 Å². The van der Waals surface area contributed by atoms with Gasteiger partial charge < -0.3 is 10.6 Å². The number of rotatable bonds is 5. The van der Waals surface area contributed by atoms with Gasteiger partial charge in [0.15, 0.2) is 0 Å². The molecule has 96 valence electrons. The van der Waals surface area contributed by atoms with Crippen LogP contribution in [0.15, 0.2) is 18.3 Å². The summed E-state index contributed by atoms with van der Waals surface area (Å²) < 4.78 is 0. The molecule has 1 heterocycles. The van der Waals surface area contributed by atoms with Crippen molar-refractivity contribution in [2.45, 2.75) is 31.7 Å². The third-order valence-electron chi connectivity index (χ3n) is 3.84. The molecule has 0 saturated heterocycles. The summed E-state index contributed by atoms with van der Waals surface area (Å²) in [4.78, 5) is 16.3. The van der Waals surface area contributed by atoms with Gasteiger partial charge in [-0.2, -0.15) is 0 Å². The summed E-state index contributed by atoms with van der Waals surface area (Å²) in [6.45, 7) is 0. The second-order valence-corrected chi connectivity index (χ2v) is 5.35. The SMILES string of the molecule is CNc1cc(C(=O)NC(C2CC2)C2CC2)ccn1. The highest BCUT2D eigenvalue weighted by atomic mass is 16.1. The van der Waals surface area contributed by atoms with Gasteiger partial charge in [-0.15, -0.1) is 0 Å². The molecule has 4 heteroatoms. The Hall–Kier alpha value is -1.58. The minimum Gasteiger partial charge on any atom is -0.373 e. The van der Waals surface area contributed by atoms with Crippen molar-refractivity contribution in [2.75, 3.05) is 12.4 Å². The van der Waals surface area contributed by atoms with Crippen LogP contribution in [-0.2, 0) is 0 Å². The van der Waals surface area contributed by atoms with Gasteiger partial charge in [-0.05, 0) is 49.7 Å². The highest BCUT2D eigenvalue weighted by molar-refractivity contribution is 5.95. The van der Waals surface area contributed by atoms with E-state index < -0.39 is 0 Å². The van der Waals surface area contributed by atoms with E-state index in [2.05, 4.69) is 15.6 Å². The van der Waals surface area contributed by atoms with E-state index in [0.717, 1.165) is 17.7 Å². The van der Waals surface area contributed by atoms with Crippen molar-refractivity contribution in [3.8, 4) is 0 Å². The monoisotopic (exact) mass is 245 g/mol. The summed E-state index contributed by atoms with van der Waals surface area (Å²) in [6, 6.07) is 3.97. The van der Waals surface area contributed by atoms with Gasteiger partial charge in [0.1, 0.15) is 5.82 Å². The van der Waals surface area contributed by atoms with Crippen LogP contribution in [0.2, 0.25) is 0 Å². The molecule has 18 heavy (non-hydrogen) atoms. The normalized spacial score (nSPS) is 18.8. The fourth-order valence-corrected chi connectivity index (χ4v) is 2.47. The van der Waals surface area contributed by atoms with Gasteiger partial charge in [0.05, 0.1) is 0 Å². The molecule has 0 spiro atoms. The second-order valence-electron chi connectivity index (χ2n) is 5.35. The molecule has 0 radical (unpaired) electrons. The molecule has 2 aliphatic rings. The van der Waals surface area contributed by atoms with Gasteiger partial charge in [0.25, 0.3) is 5.91 Å². The van der Waals surface area contributed by atoms with E-state index in [1.165, 1.54) is 25.7 Å². The molecule has 0 aliphatic heterocycles. The van der Waals surface area contributed by atoms with Crippen LogP contribution in [0.1, 0.15) is 36.0 Å². The largest absolute Gasteiger partial charge is 0.373 e. The fraction of sp³-hybridized carbons (Fsp3) is 0.571. The molecule has 4 nitrogen and oxygen atoms in total. The predicted molar refractivity (Wildman–Crippen MR) is 70.5 cm³/mol. The fourth-order valence-electron chi connectivity index (χ4n) is 2.47. The molecule has 2 saturated carbocycles. The molecule has 0 unspecified atom stereocenters. The standard InChI is InChI=1S/C14H19N3O/c1-15-12-8-11(6-7-16-12)14(18)17-13(9-2-3-9)10-4-5-10/h6-10,13H,2-5H2,1H3,(H,15,16)(H,17,18). The molecule has 1 aromatic heterocycles. The Morgan fingerprint density at radius 1 is 1.33 bits per heavy atom. The van der Waals surface area contributed by atoms with Crippen molar-refractivity contribution < 1.29 is 4.79 Å². The van der Waals surface area contributed by atoms with Gasteiger partial charge in [0.2, 0.25) is 0 Å². The maximum atomic E-state index is 12.2. The number of anilines is 1. The first-order valence-corrected chi connectivity index (χ1v) is 6.72. The van der Waals surface area contributed by atoms with Crippen LogP contribution < -0.4 is 10.6 Å².